The van der Waals surface area contributed by atoms with Crippen LogP contribution in [-0.4, -0.2) is 21.1 Å². The first-order valence-corrected chi connectivity index (χ1v) is 11.2. The number of amides is 1. The molecular weight excluding hydrogens is 458 g/mol. The molecule has 0 radical (unpaired) electrons. The van der Waals surface area contributed by atoms with Crippen molar-refractivity contribution in [3.05, 3.63) is 76.3 Å². The molecule has 0 unspecified atom stereocenters. The van der Waals surface area contributed by atoms with Crippen LogP contribution in [0.3, 0.4) is 0 Å². The van der Waals surface area contributed by atoms with Crippen LogP contribution in [0.25, 0.3) is 22.6 Å². The van der Waals surface area contributed by atoms with E-state index in [0.29, 0.717) is 33.3 Å². The molecule has 0 fully saturated rings. The third kappa shape index (κ3) is 5.32. The van der Waals surface area contributed by atoms with E-state index in [1.54, 1.807) is 43.3 Å². The Kier molecular flexibility index (Phi) is 6.62. The number of benzene rings is 3. The molecule has 33 heavy (non-hydrogen) atoms. The van der Waals surface area contributed by atoms with Gasteiger partial charge in [0, 0.05) is 10.7 Å². The molecule has 8 heteroatoms. The van der Waals surface area contributed by atoms with Gasteiger partial charge in [-0.05, 0) is 78.7 Å². The number of anilines is 1. The lowest BCUT2D eigenvalue weighted by atomic mass is 10.1. The summed E-state index contributed by atoms with van der Waals surface area (Å²) in [5.74, 6) is 0.122. The molecule has 1 heterocycles. The Hall–Kier alpha value is -3.42. The molecule has 0 spiro atoms. The molecule has 0 bridgehead atoms. The molecular formula is C25H22ClN3O3S. The quantitative estimate of drug-likeness (QED) is 0.248. The van der Waals surface area contributed by atoms with Crippen LogP contribution in [0.15, 0.2) is 59.0 Å². The lowest BCUT2D eigenvalue weighted by Crippen LogP contribution is -2.35. The van der Waals surface area contributed by atoms with Crippen LogP contribution in [0.1, 0.15) is 23.6 Å². The highest BCUT2D eigenvalue weighted by molar-refractivity contribution is 7.80. The summed E-state index contributed by atoms with van der Waals surface area (Å²) < 4.78 is 5.88. The fourth-order valence-corrected chi connectivity index (χ4v) is 3.80. The molecule has 4 aromatic rings. The smallest absolute Gasteiger partial charge is 0.231 e. The fraction of sp³-hybridized carbons (Fsp3) is 0.160. The first-order valence-electron chi connectivity index (χ1n) is 10.4. The van der Waals surface area contributed by atoms with Gasteiger partial charge in [-0.2, -0.15) is 0 Å². The first kappa shape index (κ1) is 22.8. The predicted octanol–water partition coefficient (Wildman–Crippen LogP) is 5.78. The van der Waals surface area contributed by atoms with Crippen molar-refractivity contribution in [2.24, 2.45) is 0 Å². The van der Waals surface area contributed by atoms with Gasteiger partial charge in [0.1, 0.15) is 11.3 Å². The van der Waals surface area contributed by atoms with Gasteiger partial charge < -0.3 is 20.2 Å². The molecule has 3 N–H and O–H groups in total. The maximum atomic E-state index is 12.3. The number of carbonyl (C=O) groups excluding carboxylic acids is 1. The average Bonchev–Trinajstić information content (AvgIpc) is 3.20. The largest absolute Gasteiger partial charge is 0.507 e. The van der Waals surface area contributed by atoms with Crippen LogP contribution in [0.5, 0.6) is 5.75 Å². The molecule has 4 rings (SSSR count). The second kappa shape index (κ2) is 9.60. The molecule has 1 aromatic heterocycles. The lowest BCUT2D eigenvalue weighted by molar-refractivity contribution is -0.119. The summed E-state index contributed by atoms with van der Waals surface area (Å²) in [6.07, 6.45) is 1.06. The summed E-state index contributed by atoms with van der Waals surface area (Å²) in [5, 5.41) is 17.0. The number of aromatic nitrogens is 1. The zero-order valence-electron chi connectivity index (χ0n) is 18.1. The van der Waals surface area contributed by atoms with Gasteiger partial charge in [-0.25, -0.2) is 4.98 Å². The number of thiocarbonyl (C=S) groups is 1. The van der Waals surface area contributed by atoms with Crippen molar-refractivity contribution in [3.63, 3.8) is 0 Å². The van der Waals surface area contributed by atoms with Gasteiger partial charge in [-0.15, -0.1) is 0 Å². The predicted molar refractivity (Wildman–Crippen MR) is 135 cm³/mol. The van der Waals surface area contributed by atoms with Crippen molar-refractivity contribution in [1.82, 2.24) is 10.3 Å². The Morgan fingerprint density at radius 2 is 1.85 bits per heavy atom. The van der Waals surface area contributed by atoms with Crippen molar-refractivity contribution in [3.8, 4) is 17.2 Å². The van der Waals surface area contributed by atoms with Crippen LogP contribution in [0.2, 0.25) is 5.02 Å². The van der Waals surface area contributed by atoms with Crippen LogP contribution in [-0.2, 0) is 17.6 Å². The number of carbonyl (C=O) groups is 1. The van der Waals surface area contributed by atoms with Crippen molar-refractivity contribution in [1.29, 1.82) is 0 Å². The minimum absolute atomic E-state index is 0.0699. The molecule has 0 saturated carbocycles. The monoisotopic (exact) mass is 479 g/mol. The van der Waals surface area contributed by atoms with Crippen LogP contribution < -0.4 is 10.6 Å². The second-order valence-corrected chi connectivity index (χ2v) is 8.51. The number of aromatic hydroxyl groups is 1. The Morgan fingerprint density at radius 1 is 1.12 bits per heavy atom. The molecule has 0 aliphatic carbocycles. The number of phenols is 1. The third-order valence-corrected chi connectivity index (χ3v) is 5.64. The van der Waals surface area contributed by atoms with E-state index in [9.17, 15) is 9.90 Å². The highest BCUT2D eigenvalue weighted by atomic mass is 35.5. The zero-order chi connectivity index (χ0) is 23.5. The summed E-state index contributed by atoms with van der Waals surface area (Å²) in [6.45, 7) is 3.84. The van der Waals surface area contributed by atoms with E-state index in [2.05, 4.69) is 22.5 Å². The van der Waals surface area contributed by atoms with Gasteiger partial charge in [-0.1, -0.05) is 36.7 Å². The van der Waals surface area contributed by atoms with E-state index in [4.69, 9.17) is 28.2 Å². The Morgan fingerprint density at radius 3 is 2.58 bits per heavy atom. The highest BCUT2D eigenvalue weighted by Gasteiger charge is 2.16. The summed E-state index contributed by atoms with van der Waals surface area (Å²) in [6, 6.07) is 16.3. The molecule has 0 aliphatic heterocycles. The van der Waals surface area contributed by atoms with Crippen molar-refractivity contribution in [2.75, 3.05) is 5.32 Å². The van der Waals surface area contributed by atoms with E-state index in [1.165, 1.54) is 0 Å². The number of nitrogens with one attached hydrogen (secondary N) is 2. The Labute approximate surface area is 201 Å². The molecule has 0 atom stereocenters. The van der Waals surface area contributed by atoms with E-state index in [0.717, 1.165) is 23.1 Å². The Balaban J connectivity index is 1.51. The topological polar surface area (TPSA) is 87.4 Å². The van der Waals surface area contributed by atoms with E-state index in [1.807, 2.05) is 18.2 Å². The number of halogens is 1. The van der Waals surface area contributed by atoms with Crippen LogP contribution in [0, 0.1) is 6.92 Å². The molecule has 6 nitrogen and oxygen atoms in total. The van der Waals surface area contributed by atoms with E-state index < -0.39 is 0 Å². The number of hydrogen-bond acceptors (Lipinski definition) is 5. The molecule has 0 saturated heterocycles. The average molecular weight is 480 g/mol. The first-order chi connectivity index (χ1) is 15.8. The van der Waals surface area contributed by atoms with Gasteiger partial charge in [0.25, 0.3) is 0 Å². The maximum absolute atomic E-state index is 12.3. The molecule has 168 valence electrons. The zero-order valence-corrected chi connectivity index (χ0v) is 19.7. The van der Waals surface area contributed by atoms with Crippen molar-refractivity contribution in [2.45, 2.75) is 26.7 Å². The second-order valence-electron chi connectivity index (χ2n) is 7.67. The van der Waals surface area contributed by atoms with Crippen LogP contribution >= 0.6 is 23.8 Å². The molecule has 3 aromatic carbocycles. The van der Waals surface area contributed by atoms with E-state index in [-0.39, 0.29) is 23.2 Å². The normalized spacial score (nSPS) is 10.9. The fourth-order valence-electron chi connectivity index (χ4n) is 3.44. The number of nitrogens with zero attached hydrogens (tertiary/aromatic N) is 1. The minimum atomic E-state index is -0.253. The molecule has 0 aliphatic rings. The summed E-state index contributed by atoms with van der Waals surface area (Å²) in [4.78, 5) is 16.9. The number of hydrogen-bond donors (Lipinski definition) is 3. The number of phenolic OH excluding ortho intramolecular Hbond substituents is 1. The number of rotatable bonds is 5. The number of aryl methyl sites for hydroxylation is 2. The van der Waals surface area contributed by atoms with Crippen LogP contribution in [0.4, 0.5) is 5.69 Å². The molecule has 1 amide bonds. The van der Waals surface area contributed by atoms with Gasteiger partial charge in [0.15, 0.2) is 10.7 Å². The maximum Gasteiger partial charge on any atom is 0.231 e. The summed E-state index contributed by atoms with van der Waals surface area (Å²) >= 11 is 11.2. The van der Waals surface area contributed by atoms with Crippen molar-refractivity contribution >= 4 is 51.6 Å². The van der Waals surface area contributed by atoms with Gasteiger partial charge >= 0.3 is 0 Å². The highest BCUT2D eigenvalue weighted by Crippen LogP contribution is 2.36. The third-order valence-electron chi connectivity index (χ3n) is 5.18. The van der Waals surface area contributed by atoms with Gasteiger partial charge in [0.2, 0.25) is 11.8 Å². The minimum Gasteiger partial charge on any atom is -0.507 e. The van der Waals surface area contributed by atoms with Gasteiger partial charge in [0.05, 0.1) is 12.0 Å². The number of oxazole rings is 1. The standard InChI is InChI=1S/C25H22ClN3O3S/c1-3-15-6-9-21-20(11-15)28-24(32-21)19-13-18(10-14(2)23(19)31)27-25(33)29-22(30)12-16-4-7-17(26)8-5-16/h4-11,13,31H,3,12H2,1-2H3,(H2,27,29,30,33). The van der Waals surface area contributed by atoms with Gasteiger partial charge in [-0.3, -0.25) is 4.79 Å². The Bertz CT molecular complexity index is 1350. The van der Waals surface area contributed by atoms with Crippen molar-refractivity contribution < 1.29 is 14.3 Å². The summed E-state index contributed by atoms with van der Waals surface area (Å²) in [5.41, 5.74) is 4.98. The summed E-state index contributed by atoms with van der Waals surface area (Å²) in [7, 11) is 0. The SMILES string of the molecule is CCc1ccc2oc(-c3cc(NC(=S)NC(=O)Cc4ccc(Cl)cc4)cc(C)c3O)nc2c1. The lowest BCUT2D eigenvalue weighted by Gasteiger charge is -2.12. The van der Waals surface area contributed by atoms with E-state index >= 15 is 0 Å². The number of fused-ring (bicyclic) bond motifs is 1.